The van der Waals surface area contributed by atoms with Crippen LogP contribution in [0.2, 0.25) is 0 Å². The Morgan fingerprint density at radius 1 is 1.17 bits per heavy atom. The molecule has 1 aromatic heterocycles. The number of rotatable bonds is 5. The minimum absolute atomic E-state index is 0.0506. The van der Waals surface area contributed by atoms with Gasteiger partial charge in [0.1, 0.15) is 18.7 Å². The Hall–Kier alpha value is -2.69. The van der Waals surface area contributed by atoms with Crippen LogP contribution in [-0.2, 0) is 11.2 Å². The van der Waals surface area contributed by atoms with Crippen LogP contribution in [0.25, 0.3) is 10.8 Å². The first-order valence-electron chi connectivity index (χ1n) is 7.75. The van der Waals surface area contributed by atoms with Gasteiger partial charge in [-0.05, 0) is 36.6 Å². The van der Waals surface area contributed by atoms with Crippen LogP contribution >= 0.6 is 0 Å². The maximum Gasteiger partial charge on any atom is 0.244 e. The van der Waals surface area contributed by atoms with Crippen molar-refractivity contribution >= 4 is 16.7 Å². The quantitative estimate of drug-likeness (QED) is 0.788. The predicted molar refractivity (Wildman–Crippen MR) is 90.0 cm³/mol. The molecule has 1 N–H and O–H groups in total. The van der Waals surface area contributed by atoms with Crippen molar-refractivity contribution in [3.8, 4) is 0 Å². The lowest BCUT2D eigenvalue weighted by molar-refractivity contribution is -0.124. The molecule has 0 saturated heterocycles. The van der Waals surface area contributed by atoms with Crippen LogP contribution in [0, 0.1) is 0 Å². The van der Waals surface area contributed by atoms with Crippen LogP contribution < -0.4 is 5.32 Å². The first kappa shape index (κ1) is 15.2. The summed E-state index contributed by atoms with van der Waals surface area (Å²) in [4.78, 5) is 16.1. The third-order valence-electron chi connectivity index (χ3n) is 3.96. The number of amides is 1. The van der Waals surface area contributed by atoms with E-state index < -0.39 is 0 Å². The zero-order chi connectivity index (χ0) is 16.2. The monoisotopic (exact) mass is 308 g/mol. The predicted octanol–water partition coefficient (Wildman–Crippen LogP) is 2.74. The van der Waals surface area contributed by atoms with Gasteiger partial charge >= 0.3 is 0 Å². The van der Waals surface area contributed by atoms with Gasteiger partial charge in [-0.15, -0.1) is 0 Å². The van der Waals surface area contributed by atoms with Crippen molar-refractivity contribution in [1.82, 2.24) is 20.1 Å². The van der Waals surface area contributed by atoms with Crippen LogP contribution in [0.1, 0.15) is 25.5 Å². The second-order valence-corrected chi connectivity index (χ2v) is 5.85. The molecule has 0 spiro atoms. The maximum atomic E-state index is 12.3. The standard InChI is InChI=1S/C18H20N4O/c1-13(21-18(23)14(2)22-12-19-11-20-22)9-15-7-8-16-5-3-4-6-17(16)10-15/h3-8,10-14H,9H2,1-2H3,(H,21,23)/t13-,14-/m0/s1. The average molecular weight is 308 g/mol. The molecule has 0 bridgehead atoms. The number of nitrogens with zero attached hydrogens (tertiary/aromatic N) is 3. The van der Waals surface area contributed by atoms with Crippen LogP contribution in [-0.4, -0.2) is 26.7 Å². The Morgan fingerprint density at radius 3 is 2.70 bits per heavy atom. The van der Waals surface area contributed by atoms with E-state index in [1.54, 1.807) is 11.0 Å². The summed E-state index contributed by atoms with van der Waals surface area (Å²) >= 11 is 0. The smallest absolute Gasteiger partial charge is 0.244 e. The summed E-state index contributed by atoms with van der Waals surface area (Å²) in [5.41, 5.74) is 1.21. The summed E-state index contributed by atoms with van der Waals surface area (Å²) in [5.74, 6) is -0.0520. The molecule has 0 unspecified atom stereocenters. The fourth-order valence-electron chi connectivity index (χ4n) is 2.67. The molecule has 0 saturated carbocycles. The van der Waals surface area contributed by atoms with E-state index >= 15 is 0 Å². The van der Waals surface area contributed by atoms with E-state index in [0.29, 0.717) is 0 Å². The topological polar surface area (TPSA) is 59.8 Å². The number of hydrogen-bond donors (Lipinski definition) is 1. The van der Waals surface area contributed by atoms with Crippen LogP contribution in [0.5, 0.6) is 0 Å². The van der Waals surface area contributed by atoms with Gasteiger partial charge in [0.05, 0.1) is 0 Å². The number of carbonyl (C=O) groups is 1. The van der Waals surface area contributed by atoms with Gasteiger partial charge in [-0.2, -0.15) is 5.10 Å². The Kier molecular flexibility index (Phi) is 4.37. The molecule has 23 heavy (non-hydrogen) atoms. The van der Waals surface area contributed by atoms with Gasteiger partial charge in [-0.25, -0.2) is 9.67 Å². The normalized spacial score (nSPS) is 13.7. The largest absolute Gasteiger partial charge is 0.351 e. The molecule has 1 amide bonds. The van der Waals surface area contributed by atoms with Gasteiger partial charge in [-0.3, -0.25) is 4.79 Å². The Bertz CT molecular complexity index is 798. The lowest BCUT2D eigenvalue weighted by Gasteiger charge is -2.18. The van der Waals surface area contributed by atoms with Crippen molar-refractivity contribution in [2.45, 2.75) is 32.4 Å². The second kappa shape index (κ2) is 6.60. The second-order valence-electron chi connectivity index (χ2n) is 5.85. The van der Waals surface area contributed by atoms with Gasteiger partial charge in [0.15, 0.2) is 0 Å². The van der Waals surface area contributed by atoms with Gasteiger partial charge in [0.2, 0.25) is 5.91 Å². The molecule has 5 heteroatoms. The van der Waals surface area contributed by atoms with Gasteiger partial charge in [0.25, 0.3) is 0 Å². The molecular formula is C18H20N4O. The van der Waals surface area contributed by atoms with E-state index in [0.717, 1.165) is 6.42 Å². The summed E-state index contributed by atoms with van der Waals surface area (Å²) in [6.45, 7) is 3.83. The van der Waals surface area contributed by atoms with Crippen LogP contribution in [0.3, 0.4) is 0 Å². The van der Waals surface area contributed by atoms with Gasteiger partial charge in [-0.1, -0.05) is 42.5 Å². The van der Waals surface area contributed by atoms with Crippen molar-refractivity contribution in [1.29, 1.82) is 0 Å². The van der Waals surface area contributed by atoms with E-state index in [4.69, 9.17) is 0 Å². The van der Waals surface area contributed by atoms with E-state index in [1.165, 1.54) is 22.7 Å². The number of benzene rings is 2. The molecule has 0 radical (unpaired) electrons. The first-order valence-corrected chi connectivity index (χ1v) is 7.75. The van der Waals surface area contributed by atoms with Gasteiger partial charge in [0, 0.05) is 6.04 Å². The number of hydrogen-bond acceptors (Lipinski definition) is 3. The number of carbonyl (C=O) groups excluding carboxylic acids is 1. The summed E-state index contributed by atoms with van der Waals surface area (Å²) in [5, 5.41) is 9.50. The molecule has 0 aliphatic rings. The average Bonchev–Trinajstić information content (AvgIpc) is 3.08. The highest BCUT2D eigenvalue weighted by Gasteiger charge is 2.17. The molecule has 2 aromatic carbocycles. The summed E-state index contributed by atoms with van der Waals surface area (Å²) in [6, 6.07) is 14.4. The lowest BCUT2D eigenvalue weighted by atomic mass is 10.0. The fraction of sp³-hybridized carbons (Fsp3) is 0.278. The summed E-state index contributed by atoms with van der Waals surface area (Å²) in [7, 11) is 0. The third-order valence-corrected chi connectivity index (χ3v) is 3.96. The van der Waals surface area contributed by atoms with Crippen LogP contribution in [0.15, 0.2) is 55.1 Å². The highest BCUT2D eigenvalue weighted by atomic mass is 16.2. The number of aromatic nitrogens is 3. The van der Waals surface area contributed by atoms with E-state index in [2.05, 4.69) is 45.7 Å². The first-order chi connectivity index (χ1) is 11.1. The number of fused-ring (bicyclic) bond motifs is 1. The van der Waals surface area contributed by atoms with Crippen molar-refractivity contribution < 1.29 is 4.79 Å². The zero-order valence-corrected chi connectivity index (χ0v) is 13.3. The zero-order valence-electron chi connectivity index (χ0n) is 13.3. The van der Waals surface area contributed by atoms with Crippen molar-refractivity contribution in [2.24, 2.45) is 0 Å². The number of nitrogens with one attached hydrogen (secondary N) is 1. The lowest BCUT2D eigenvalue weighted by Crippen LogP contribution is -2.38. The fourth-order valence-corrected chi connectivity index (χ4v) is 2.67. The molecule has 0 aliphatic carbocycles. The molecule has 118 valence electrons. The van der Waals surface area contributed by atoms with Crippen molar-refractivity contribution in [2.75, 3.05) is 0 Å². The molecule has 2 atom stereocenters. The molecule has 0 aliphatic heterocycles. The Labute approximate surface area is 135 Å². The van der Waals surface area contributed by atoms with E-state index in [-0.39, 0.29) is 18.0 Å². The SMILES string of the molecule is C[C@@H](Cc1ccc2ccccc2c1)NC(=O)[C@H](C)n1cncn1. The Morgan fingerprint density at radius 2 is 1.96 bits per heavy atom. The summed E-state index contributed by atoms with van der Waals surface area (Å²) < 4.78 is 1.55. The highest BCUT2D eigenvalue weighted by Crippen LogP contribution is 2.16. The molecule has 3 rings (SSSR count). The van der Waals surface area contributed by atoms with Crippen LogP contribution in [0.4, 0.5) is 0 Å². The molecular weight excluding hydrogens is 288 g/mol. The van der Waals surface area contributed by atoms with E-state index in [1.807, 2.05) is 26.0 Å². The maximum absolute atomic E-state index is 12.3. The summed E-state index contributed by atoms with van der Waals surface area (Å²) in [6.07, 6.45) is 3.78. The molecule has 0 fully saturated rings. The van der Waals surface area contributed by atoms with E-state index in [9.17, 15) is 4.79 Å². The minimum Gasteiger partial charge on any atom is -0.351 e. The van der Waals surface area contributed by atoms with Crippen molar-refractivity contribution in [3.05, 3.63) is 60.7 Å². The molecule has 3 aromatic rings. The molecule has 5 nitrogen and oxygen atoms in total. The van der Waals surface area contributed by atoms with Gasteiger partial charge < -0.3 is 5.32 Å². The highest BCUT2D eigenvalue weighted by molar-refractivity contribution is 5.83. The third kappa shape index (κ3) is 3.56. The van der Waals surface area contributed by atoms with Crippen molar-refractivity contribution in [3.63, 3.8) is 0 Å². The Balaban J connectivity index is 1.63. The molecule has 1 heterocycles. The minimum atomic E-state index is -0.364.